The highest BCUT2D eigenvalue weighted by Crippen LogP contribution is 2.47. The molecule has 1 heterocycles. The van der Waals surface area contributed by atoms with Gasteiger partial charge in [-0.05, 0) is 38.1 Å². The van der Waals surface area contributed by atoms with E-state index in [1.54, 1.807) is 0 Å². The summed E-state index contributed by atoms with van der Waals surface area (Å²) in [6, 6.07) is 16.9. The fourth-order valence-corrected chi connectivity index (χ4v) is 4.22. The molecule has 0 spiro atoms. The van der Waals surface area contributed by atoms with Crippen molar-refractivity contribution in [3.63, 3.8) is 0 Å². The Morgan fingerprint density at radius 2 is 1.48 bits per heavy atom. The average molecular weight is 329 g/mol. The van der Waals surface area contributed by atoms with Gasteiger partial charge in [0.1, 0.15) is 12.6 Å². The van der Waals surface area contributed by atoms with Crippen LogP contribution < -0.4 is 9.80 Å². The smallest absolute Gasteiger partial charge is 0.121 e. The number of anilines is 2. The molecule has 0 amide bonds. The molecule has 2 N–H and O–H groups in total. The lowest BCUT2D eigenvalue weighted by molar-refractivity contribution is -0.899. The van der Waals surface area contributed by atoms with Crippen molar-refractivity contribution >= 4 is 23.1 Å². The van der Waals surface area contributed by atoms with E-state index < -0.39 is 0 Å². The summed E-state index contributed by atoms with van der Waals surface area (Å²) in [6.07, 6.45) is -0.339. The molecule has 4 heteroatoms. The second-order valence-corrected chi connectivity index (χ2v) is 7.05. The number of hydrogen-bond acceptors (Lipinski definition) is 3. The maximum absolute atomic E-state index is 10.6. The molecule has 2 aromatic carbocycles. The third kappa shape index (κ3) is 3.55. The van der Waals surface area contributed by atoms with Crippen molar-refractivity contribution in [3.05, 3.63) is 48.5 Å². The number of aliphatic hydroxyl groups is 1. The summed E-state index contributed by atoms with van der Waals surface area (Å²) < 4.78 is 0. The highest BCUT2D eigenvalue weighted by molar-refractivity contribution is 7.99. The quantitative estimate of drug-likeness (QED) is 0.853. The number of aliphatic hydroxyl groups excluding tert-OH is 1. The van der Waals surface area contributed by atoms with Gasteiger partial charge in [-0.15, -0.1) is 0 Å². The zero-order chi connectivity index (χ0) is 16.2. The van der Waals surface area contributed by atoms with Crippen LogP contribution in [0.15, 0.2) is 58.3 Å². The Kier molecular flexibility index (Phi) is 5.26. The van der Waals surface area contributed by atoms with Crippen LogP contribution in [-0.2, 0) is 0 Å². The fraction of sp³-hybridized carbons (Fsp3) is 0.368. The number of fused-ring (bicyclic) bond motifs is 2. The van der Waals surface area contributed by atoms with Gasteiger partial charge < -0.3 is 14.9 Å². The molecule has 2 aromatic rings. The predicted octanol–water partition coefficient (Wildman–Crippen LogP) is 2.57. The van der Waals surface area contributed by atoms with Crippen LogP contribution >= 0.6 is 11.8 Å². The predicted molar refractivity (Wildman–Crippen MR) is 96.9 cm³/mol. The molecule has 23 heavy (non-hydrogen) atoms. The first kappa shape index (κ1) is 16.4. The number of β-amino-alcohol motifs (C(OH)–C–C–N with tert-alkyl or cyclic N) is 1. The molecule has 0 radical (unpaired) electrons. The maximum Gasteiger partial charge on any atom is 0.121 e. The van der Waals surface area contributed by atoms with E-state index in [2.05, 4.69) is 67.3 Å². The molecule has 3 nitrogen and oxygen atoms in total. The summed E-state index contributed by atoms with van der Waals surface area (Å²) in [6.45, 7) is 7.88. The van der Waals surface area contributed by atoms with Crippen molar-refractivity contribution in [1.29, 1.82) is 0 Å². The van der Waals surface area contributed by atoms with Gasteiger partial charge in [0.05, 0.1) is 31.0 Å². The van der Waals surface area contributed by atoms with E-state index >= 15 is 0 Å². The van der Waals surface area contributed by atoms with Crippen LogP contribution in [-0.4, -0.2) is 37.4 Å². The zero-order valence-electron chi connectivity index (χ0n) is 13.8. The van der Waals surface area contributed by atoms with Crippen molar-refractivity contribution in [2.24, 2.45) is 0 Å². The molecule has 1 aliphatic heterocycles. The molecule has 0 bridgehead atoms. The SMILES string of the molecule is CC[NH+](CC)C[C@@H](O)CN1c2ccccc2Sc2ccccc21. The number of hydrogen-bond donors (Lipinski definition) is 2. The van der Waals surface area contributed by atoms with Crippen molar-refractivity contribution in [3.8, 4) is 0 Å². The Labute approximate surface area is 142 Å². The van der Waals surface area contributed by atoms with Gasteiger partial charge >= 0.3 is 0 Å². The molecule has 3 rings (SSSR count). The van der Waals surface area contributed by atoms with Gasteiger partial charge in [-0.1, -0.05) is 36.0 Å². The Morgan fingerprint density at radius 1 is 0.957 bits per heavy atom. The number of rotatable bonds is 6. The van der Waals surface area contributed by atoms with Gasteiger partial charge in [-0.25, -0.2) is 0 Å². The van der Waals surface area contributed by atoms with E-state index in [1.807, 2.05) is 11.8 Å². The summed E-state index contributed by atoms with van der Waals surface area (Å²) in [5.74, 6) is 0. The molecule has 1 aliphatic rings. The summed E-state index contributed by atoms with van der Waals surface area (Å²) in [4.78, 5) is 6.22. The number of nitrogens with zero attached hydrogens (tertiary/aromatic N) is 1. The topological polar surface area (TPSA) is 27.9 Å². The lowest BCUT2D eigenvalue weighted by atomic mass is 10.2. The van der Waals surface area contributed by atoms with E-state index in [0.717, 1.165) is 19.6 Å². The minimum atomic E-state index is -0.339. The van der Waals surface area contributed by atoms with E-state index in [0.29, 0.717) is 6.54 Å². The highest BCUT2D eigenvalue weighted by atomic mass is 32.2. The van der Waals surface area contributed by atoms with Crippen molar-refractivity contribution in [2.45, 2.75) is 29.7 Å². The third-order valence-electron chi connectivity index (χ3n) is 4.45. The first-order chi connectivity index (χ1) is 11.2. The van der Waals surface area contributed by atoms with Gasteiger partial charge in [0.2, 0.25) is 0 Å². The van der Waals surface area contributed by atoms with Gasteiger partial charge in [-0.2, -0.15) is 0 Å². The lowest BCUT2D eigenvalue weighted by Gasteiger charge is -2.34. The maximum atomic E-state index is 10.6. The third-order valence-corrected chi connectivity index (χ3v) is 5.58. The molecular weight excluding hydrogens is 304 g/mol. The van der Waals surface area contributed by atoms with Crippen molar-refractivity contribution in [2.75, 3.05) is 31.1 Å². The normalized spacial score (nSPS) is 14.5. The number of likely N-dealkylation sites (N-methyl/N-ethyl adjacent to an activating group) is 1. The van der Waals surface area contributed by atoms with E-state index in [1.165, 1.54) is 26.1 Å². The average Bonchev–Trinajstić information content (AvgIpc) is 2.59. The van der Waals surface area contributed by atoms with Gasteiger partial charge in [-0.3, -0.25) is 0 Å². The van der Waals surface area contributed by atoms with Gasteiger partial charge in [0, 0.05) is 9.79 Å². The van der Waals surface area contributed by atoms with Crippen molar-refractivity contribution < 1.29 is 10.0 Å². The lowest BCUT2D eigenvalue weighted by Crippen LogP contribution is -3.12. The number of benzene rings is 2. The Balaban J connectivity index is 1.86. The molecule has 0 aliphatic carbocycles. The molecule has 0 aromatic heterocycles. The molecule has 0 unspecified atom stereocenters. The highest BCUT2D eigenvalue weighted by Gasteiger charge is 2.25. The minimum absolute atomic E-state index is 0.339. The minimum Gasteiger partial charge on any atom is -0.385 e. The Bertz CT molecular complexity index is 612. The molecule has 1 atom stereocenters. The summed E-state index contributed by atoms with van der Waals surface area (Å²) >= 11 is 1.81. The standard InChI is InChI=1S/C19H24N2OS/c1-3-20(4-2)13-15(22)14-21-16-9-5-7-11-18(16)23-19-12-8-6-10-17(19)21/h5-12,15,22H,3-4,13-14H2,1-2H3/p+1/t15-/m1/s1. The van der Waals surface area contributed by atoms with Crippen LogP contribution in [0.2, 0.25) is 0 Å². The zero-order valence-corrected chi connectivity index (χ0v) is 14.6. The number of para-hydroxylation sites is 2. The fourth-order valence-electron chi connectivity index (χ4n) is 3.13. The van der Waals surface area contributed by atoms with Gasteiger partial charge in [0.25, 0.3) is 0 Å². The van der Waals surface area contributed by atoms with E-state index in [4.69, 9.17) is 0 Å². The van der Waals surface area contributed by atoms with E-state index in [9.17, 15) is 5.11 Å². The summed E-state index contributed by atoms with van der Waals surface area (Å²) in [5, 5.41) is 10.6. The molecule has 0 fully saturated rings. The van der Waals surface area contributed by atoms with Crippen LogP contribution in [0.4, 0.5) is 11.4 Å². The van der Waals surface area contributed by atoms with Crippen LogP contribution in [0.1, 0.15) is 13.8 Å². The van der Waals surface area contributed by atoms with Crippen LogP contribution in [0.25, 0.3) is 0 Å². The monoisotopic (exact) mass is 329 g/mol. The number of quaternary nitrogens is 1. The molecule has 0 saturated carbocycles. The van der Waals surface area contributed by atoms with Crippen LogP contribution in [0.3, 0.4) is 0 Å². The Hall–Kier alpha value is -1.49. The van der Waals surface area contributed by atoms with Crippen LogP contribution in [0.5, 0.6) is 0 Å². The second-order valence-electron chi connectivity index (χ2n) is 5.96. The van der Waals surface area contributed by atoms with Crippen LogP contribution in [0, 0.1) is 0 Å². The Morgan fingerprint density at radius 3 is 2.00 bits per heavy atom. The second kappa shape index (κ2) is 7.39. The first-order valence-corrected chi connectivity index (χ1v) is 9.19. The van der Waals surface area contributed by atoms with Gasteiger partial charge in [0.15, 0.2) is 0 Å². The largest absolute Gasteiger partial charge is 0.385 e. The molecule has 122 valence electrons. The molecular formula is C19H25N2OS+. The summed E-state index contributed by atoms with van der Waals surface area (Å²) in [7, 11) is 0. The van der Waals surface area contributed by atoms with Crippen molar-refractivity contribution in [1.82, 2.24) is 0 Å². The number of nitrogens with one attached hydrogen (secondary N) is 1. The molecule has 0 saturated heterocycles. The summed E-state index contributed by atoms with van der Waals surface area (Å²) in [5.41, 5.74) is 2.40. The van der Waals surface area contributed by atoms with E-state index in [-0.39, 0.29) is 6.10 Å². The first-order valence-electron chi connectivity index (χ1n) is 8.38.